The number of allylic oxidation sites excluding steroid dienone is 6. The van der Waals surface area contributed by atoms with Gasteiger partial charge in [-0.1, -0.05) is 340 Å². The Bertz CT molecular complexity index is 1290. The van der Waals surface area contributed by atoms with Gasteiger partial charge >= 0.3 is 17.9 Å². The Morgan fingerprint density at radius 2 is 0.468 bits per heavy atom. The van der Waals surface area contributed by atoms with Gasteiger partial charge in [0.25, 0.3) is 0 Å². The predicted octanol–water partition coefficient (Wildman–Crippen LogP) is 23.6. The Morgan fingerprint density at radius 1 is 0.260 bits per heavy atom. The maximum Gasteiger partial charge on any atom is 0.306 e. The van der Waals surface area contributed by atoms with Crippen LogP contribution in [-0.2, 0) is 28.6 Å². The molecule has 0 aromatic carbocycles. The first-order chi connectivity index (χ1) is 38.0. The number of unbranched alkanes of at least 4 members (excludes halogenated alkanes) is 47. The van der Waals surface area contributed by atoms with E-state index in [1.54, 1.807) is 0 Å². The zero-order valence-electron chi connectivity index (χ0n) is 52.0. The van der Waals surface area contributed by atoms with Gasteiger partial charge in [0.15, 0.2) is 6.10 Å². The second-order valence-corrected chi connectivity index (χ2v) is 23.5. The number of ether oxygens (including phenoxy) is 3. The van der Waals surface area contributed by atoms with E-state index in [4.69, 9.17) is 14.2 Å². The molecule has 0 aromatic rings. The standard InChI is InChI=1S/C71H132O6/c1-4-7-10-13-16-19-21-23-25-27-29-31-33-34-35-36-37-38-39-41-42-44-46-48-50-52-55-58-61-64-70(73)76-67-68(66-75-69(72)63-60-57-54-18-15-12-9-6-3)77-71(74)65-62-59-56-53-51-49-47-45-43-40-32-30-28-26-24-22-20-17-14-11-8-5-2/h21,23,27,29,33-34,68H,4-20,22,24-26,28,30-32,35-67H2,1-3H3/b23-21-,29-27-,34-33-. The molecule has 0 N–H and O–H groups in total. The molecule has 0 spiro atoms. The van der Waals surface area contributed by atoms with Crippen LogP contribution in [0.2, 0.25) is 0 Å². The van der Waals surface area contributed by atoms with E-state index in [1.807, 2.05) is 0 Å². The number of rotatable bonds is 64. The van der Waals surface area contributed by atoms with Crippen LogP contribution in [0.25, 0.3) is 0 Å². The van der Waals surface area contributed by atoms with Crippen LogP contribution in [0.4, 0.5) is 0 Å². The average Bonchev–Trinajstić information content (AvgIpc) is 3.43. The quantitative estimate of drug-likeness (QED) is 0.0261. The van der Waals surface area contributed by atoms with Crippen LogP contribution < -0.4 is 0 Å². The van der Waals surface area contributed by atoms with Gasteiger partial charge in [-0.15, -0.1) is 0 Å². The van der Waals surface area contributed by atoms with Crippen LogP contribution >= 0.6 is 0 Å². The van der Waals surface area contributed by atoms with Gasteiger partial charge in [0, 0.05) is 19.3 Å². The van der Waals surface area contributed by atoms with E-state index in [-0.39, 0.29) is 31.1 Å². The molecule has 0 aromatic heterocycles. The highest BCUT2D eigenvalue weighted by atomic mass is 16.6. The first-order valence-corrected chi connectivity index (χ1v) is 34.5. The summed E-state index contributed by atoms with van der Waals surface area (Å²) < 4.78 is 16.9. The van der Waals surface area contributed by atoms with Crippen molar-refractivity contribution >= 4 is 17.9 Å². The summed E-state index contributed by atoms with van der Waals surface area (Å²) in [5, 5.41) is 0. The fourth-order valence-electron chi connectivity index (χ4n) is 10.5. The van der Waals surface area contributed by atoms with Crippen molar-refractivity contribution in [3.8, 4) is 0 Å². The normalized spacial score (nSPS) is 12.2. The number of esters is 3. The van der Waals surface area contributed by atoms with E-state index in [1.165, 1.54) is 270 Å². The van der Waals surface area contributed by atoms with E-state index in [0.717, 1.165) is 70.6 Å². The highest BCUT2D eigenvalue weighted by Crippen LogP contribution is 2.18. The van der Waals surface area contributed by atoms with Crippen molar-refractivity contribution in [1.29, 1.82) is 0 Å². The Kier molecular flexibility index (Phi) is 64.1. The van der Waals surface area contributed by atoms with Gasteiger partial charge < -0.3 is 14.2 Å². The highest BCUT2D eigenvalue weighted by Gasteiger charge is 2.19. The summed E-state index contributed by atoms with van der Waals surface area (Å²) >= 11 is 0. The minimum atomic E-state index is -0.767. The lowest BCUT2D eigenvalue weighted by molar-refractivity contribution is -0.167. The Hall–Kier alpha value is -2.37. The van der Waals surface area contributed by atoms with Crippen molar-refractivity contribution in [2.45, 2.75) is 386 Å². The molecule has 0 amide bonds. The summed E-state index contributed by atoms with van der Waals surface area (Å²) in [7, 11) is 0. The lowest BCUT2D eigenvalue weighted by Gasteiger charge is -2.18. The van der Waals surface area contributed by atoms with Crippen molar-refractivity contribution in [3.63, 3.8) is 0 Å². The molecule has 77 heavy (non-hydrogen) atoms. The lowest BCUT2D eigenvalue weighted by Crippen LogP contribution is -2.30. The molecule has 0 radical (unpaired) electrons. The van der Waals surface area contributed by atoms with Crippen molar-refractivity contribution in [3.05, 3.63) is 36.5 Å². The van der Waals surface area contributed by atoms with Gasteiger partial charge in [0.1, 0.15) is 13.2 Å². The van der Waals surface area contributed by atoms with E-state index >= 15 is 0 Å². The fraction of sp³-hybridized carbons (Fsp3) is 0.873. The van der Waals surface area contributed by atoms with Gasteiger partial charge in [-0.05, 0) is 57.8 Å². The SMILES string of the molecule is CCCCCCC/C=C\C/C=C\C/C=C\CCCCCCCCCCCCCCCCC(=O)OCC(COC(=O)CCCCCCCCCC)OC(=O)CCCCCCCCCCCCCCCCCCCCCCCC. The number of carbonyl (C=O) groups is 3. The maximum atomic E-state index is 12.9. The summed E-state index contributed by atoms with van der Waals surface area (Å²) in [5.74, 6) is -0.845. The molecule has 0 fully saturated rings. The van der Waals surface area contributed by atoms with Crippen LogP contribution in [-0.4, -0.2) is 37.2 Å². The molecule has 0 saturated carbocycles. The van der Waals surface area contributed by atoms with Crippen LogP contribution in [0, 0.1) is 0 Å². The zero-order chi connectivity index (χ0) is 55.7. The van der Waals surface area contributed by atoms with Crippen molar-refractivity contribution in [2.75, 3.05) is 13.2 Å². The third-order valence-corrected chi connectivity index (χ3v) is 15.6. The lowest BCUT2D eigenvalue weighted by atomic mass is 10.0. The third kappa shape index (κ3) is 64.3. The van der Waals surface area contributed by atoms with Gasteiger partial charge in [0.05, 0.1) is 0 Å². The summed E-state index contributed by atoms with van der Waals surface area (Å²) in [6.07, 6.45) is 81.9. The molecule has 0 aliphatic rings. The minimum Gasteiger partial charge on any atom is -0.462 e. The van der Waals surface area contributed by atoms with E-state index in [9.17, 15) is 14.4 Å². The molecule has 0 rings (SSSR count). The maximum absolute atomic E-state index is 12.9. The molecule has 1 atom stereocenters. The average molecular weight is 1080 g/mol. The van der Waals surface area contributed by atoms with E-state index in [2.05, 4.69) is 57.2 Å². The van der Waals surface area contributed by atoms with Crippen molar-refractivity contribution in [2.24, 2.45) is 0 Å². The topological polar surface area (TPSA) is 78.9 Å². The molecule has 0 saturated heterocycles. The summed E-state index contributed by atoms with van der Waals surface area (Å²) in [6, 6.07) is 0. The molecular weight excluding hydrogens is 949 g/mol. The second kappa shape index (κ2) is 66.1. The first-order valence-electron chi connectivity index (χ1n) is 34.5. The van der Waals surface area contributed by atoms with Crippen molar-refractivity contribution < 1.29 is 28.6 Å². The van der Waals surface area contributed by atoms with Gasteiger partial charge in [-0.3, -0.25) is 14.4 Å². The number of hydrogen-bond donors (Lipinski definition) is 0. The summed E-state index contributed by atoms with van der Waals surface area (Å²) in [5.41, 5.74) is 0. The molecule has 0 aliphatic carbocycles. The van der Waals surface area contributed by atoms with Gasteiger partial charge in [-0.25, -0.2) is 0 Å². The van der Waals surface area contributed by atoms with Crippen LogP contribution in [0.3, 0.4) is 0 Å². The third-order valence-electron chi connectivity index (χ3n) is 15.6. The molecule has 0 bridgehead atoms. The van der Waals surface area contributed by atoms with E-state index < -0.39 is 6.10 Å². The molecular formula is C71H132O6. The Morgan fingerprint density at radius 3 is 0.727 bits per heavy atom. The van der Waals surface area contributed by atoms with Gasteiger partial charge in [-0.2, -0.15) is 0 Å². The summed E-state index contributed by atoms with van der Waals surface area (Å²) in [6.45, 7) is 6.67. The van der Waals surface area contributed by atoms with Gasteiger partial charge in [0.2, 0.25) is 0 Å². The number of carbonyl (C=O) groups excluding carboxylic acids is 3. The molecule has 452 valence electrons. The largest absolute Gasteiger partial charge is 0.462 e. The van der Waals surface area contributed by atoms with E-state index in [0.29, 0.717) is 19.3 Å². The first kappa shape index (κ1) is 74.6. The molecule has 6 nitrogen and oxygen atoms in total. The second-order valence-electron chi connectivity index (χ2n) is 23.5. The summed E-state index contributed by atoms with van der Waals surface area (Å²) in [4.78, 5) is 38.2. The minimum absolute atomic E-state index is 0.0664. The Balaban J connectivity index is 4.07. The van der Waals surface area contributed by atoms with Crippen LogP contribution in [0.5, 0.6) is 0 Å². The monoisotopic (exact) mass is 1080 g/mol. The smallest absolute Gasteiger partial charge is 0.306 e. The molecule has 0 aliphatic heterocycles. The molecule has 1 unspecified atom stereocenters. The molecule has 0 heterocycles. The predicted molar refractivity (Wildman–Crippen MR) is 335 cm³/mol. The van der Waals surface area contributed by atoms with Crippen LogP contribution in [0.15, 0.2) is 36.5 Å². The molecule has 6 heteroatoms. The number of hydrogen-bond acceptors (Lipinski definition) is 6. The fourth-order valence-corrected chi connectivity index (χ4v) is 10.5. The Labute approximate surface area is 480 Å². The zero-order valence-corrected chi connectivity index (χ0v) is 52.0. The van der Waals surface area contributed by atoms with Crippen molar-refractivity contribution in [1.82, 2.24) is 0 Å². The highest BCUT2D eigenvalue weighted by molar-refractivity contribution is 5.71. The van der Waals surface area contributed by atoms with Crippen LogP contribution in [0.1, 0.15) is 380 Å².